The summed E-state index contributed by atoms with van der Waals surface area (Å²) in [4.78, 5) is 16.4. The molecular formula is C13H19N3O. The first-order chi connectivity index (χ1) is 8.08. The average molecular weight is 233 g/mol. The second-order valence-corrected chi connectivity index (χ2v) is 4.82. The molecule has 92 valence electrons. The number of carbonyl (C=O) groups is 1. The molecule has 0 unspecified atom stereocenters. The summed E-state index contributed by atoms with van der Waals surface area (Å²) in [5, 5.41) is 6.20. The van der Waals surface area contributed by atoms with Crippen LogP contribution in [0.5, 0.6) is 0 Å². The van der Waals surface area contributed by atoms with E-state index < -0.39 is 0 Å². The largest absolute Gasteiger partial charge is 0.324 e. The van der Waals surface area contributed by atoms with Gasteiger partial charge in [-0.15, -0.1) is 0 Å². The Hall–Kier alpha value is -1.42. The van der Waals surface area contributed by atoms with Crippen molar-refractivity contribution in [2.75, 3.05) is 18.4 Å². The minimum Gasteiger partial charge on any atom is -0.324 e. The molecule has 0 aromatic carbocycles. The third-order valence-electron chi connectivity index (χ3n) is 3.34. The van der Waals surface area contributed by atoms with Crippen LogP contribution in [0, 0.1) is 25.7 Å². The second-order valence-electron chi connectivity index (χ2n) is 4.82. The molecule has 1 aromatic heterocycles. The Bertz CT molecular complexity index is 431. The number of amides is 1. The van der Waals surface area contributed by atoms with Crippen LogP contribution in [0.3, 0.4) is 0 Å². The number of nitrogens with one attached hydrogen (secondary N) is 2. The van der Waals surface area contributed by atoms with Crippen LogP contribution < -0.4 is 10.6 Å². The molecule has 1 fully saturated rings. The number of anilines is 1. The molecule has 0 saturated carbocycles. The number of hydrogen-bond donors (Lipinski definition) is 2. The Labute approximate surface area is 102 Å². The number of hydrogen-bond acceptors (Lipinski definition) is 3. The summed E-state index contributed by atoms with van der Waals surface area (Å²) in [6.07, 6.45) is 0. The van der Waals surface area contributed by atoms with Gasteiger partial charge < -0.3 is 10.6 Å². The third kappa shape index (κ3) is 2.64. The molecule has 1 aliphatic rings. The van der Waals surface area contributed by atoms with Crippen LogP contribution in [-0.2, 0) is 4.79 Å². The van der Waals surface area contributed by atoms with Crippen molar-refractivity contribution in [3.63, 3.8) is 0 Å². The number of pyridine rings is 1. The zero-order valence-corrected chi connectivity index (χ0v) is 10.6. The van der Waals surface area contributed by atoms with Gasteiger partial charge in [-0.2, -0.15) is 0 Å². The SMILES string of the molecule is Cc1ccc(NC(=O)[C@@H]2CNC[C@H]2C)c(C)n1. The maximum absolute atomic E-state index is 12.1. The second kappa shape index (κ2) is 4.84. The molecule has 0 spiro atoms. The molecule has 2 atom stereocenters. The van der Waals surface area contributed by atoms with Crippen molar-refractivity contribution in [2.24, 2.45) is 11.8 Å². The summed E-state index contributed by atoms with van der Waals surface area (Å²) >= 11 is 0. The molecule has 2 N–H and O–H groups in total. The fraction of sp³-hybridized carbons (Fsp3) is 0.538. The molecular weight excluding hydrogens is 214 g/mol. The van der Waals surface area contributed by atoms with Gasteiger partial charge in [0.1, 0.15) is 0 Å². The van der Waals surface area contributed by atoms with E-state index in [9.17, 15) is 4.79 Å². The molecule has 1 aliphatic heterocycles. The Morgan fingerprint density at radius 3 is 2.76 bits per heavy atom. The summed E-state index contributed by atoms with van der Waals surface area (Å²) in [7, 11) is 0. The van der Waals surface area contributed by atoms with Gasteiger partial charge in [0.25, 0.3) is 0 Å². The molecule has 0 aliphatic carbocycles. The number of rotatable bonds is 2. The highest BCUT2D eigenvalue weighted by Gasteiger charge is 2.29. The maximum Gasteiger partial charge on any atom is 0.229 e. The highest BCUT2D eigenvalue weighted by atomic mass is 16.1. The quantitative estimate of drug-likeness (QED) is 0.813. The van der Waals surface area contributed by atoms with Gasteiger partial charge in [-0.3, -0.25) is 9.78 Å². The Morgan fingerprint density at radius 1 is 1.41 bits per heavy atom. The lowest BCUT2D eigenvalue weighted by molar-refractivity contribution is -0.120. The predicted molar refractivity (Wildman–Crippen MR) is 67.9 cm³/mol. The normalized spacial score (nSPS) is 23.7. The van der Waals surface area contributed by atoms with E-state index in [0.29, 0.717) is 5.92 Å². The summed E-state index contributed by atoms with van der Waals surface area (Å²) in [6.45, 7) is 7.65. The van der Waals surface area contributed by atoms with Gasteiger partial charge in [-0.1, -0.05) is 6.92 Å². The maximum atomic E-state index is 12.1. The van der Waals surface area contributed by atoms with Gasteiger partial charge in [-0.05, 0) is 38.4 Å². The van der Waals surface area contributed by atoms with E-state index in [0.717, 1.165) is 30.2 Å². The minimum absolute atomic E-state index is 0.0655. The first-order valence-corrected chi connectivity index (χ1v) is 6.03. The van der Waals surface area contributed by atoms with E-state index >= 15 is 0 Å². The molecule has 0 bridgehead atoms. The van der Waals surface area contributed by atoms with Crippen molar-refractivity contribution in [3.05, 3.63) is 23.5 Å². The molecule has 1 aromatic rings. The Morgan fingerprint density at radius 2 is 2.18 bits per heavy atom. The van der Waals surface area contributed by atoms with Gasteiger partial charge in [0.2, 0.25) is 5.91 Å². The first-order valence-electron chi connectivity index (χ1n) is 6.03. The van der Waals surface area contributed by atoms with E-state index in [1.807, 2.05) is 26.0 Å². The fourth-order valence-corrected chi connectivity index (χ4v) is 2.21. The highest BCUT2D eigenvalue weighted by molar-refractivity contribution is 5.93. The van der Waals surface area contributed by atoms with Crippen LogP contribution in [0.4, 0.5) is 5.69 Å². The van der Waals surface area contributed by atoms with Crippen molar-refractivity contribution in [3.8, 4) is 0 Å². The van der Waals surface area contributed by atoms with Crippen LogP contribution in [-0.4, -0.2) is 24.0 Å². The van der Waals surface area contributed by atoms with E-state index in [1.54, 1.807) is 0 Å². The lowest BCUT2D eigenvalue weighted by Gasteiger charge is -2.15. The van der Waals surface area contributed by atoms with Gasteiger partial charge in [-0.25, -0.2) is 0 Å². The molecule has 2 heterocycles. The van der Waals surface area contributed by atoms with Crippen LogP contribution >= 0.6 is 0 Å². The minimum atomic E-state index is 0.0655. The number of nitrogens with zero attached hydrogens (tertiary/aromatic N) is 1. The molecule has 2 rings (SSSR count). The van der Waals surface area contributed by atoms with E-state index in [4.69, 9.17) is 0 Å². The van der Waals surface area contributed by atoms with Crippen LogP contribution in [0.15, 0.2) is 12.1 Å². The fourth-order valence-electron chi connectivity index (χ4n) is 2.21. The lowest BCUT2D eigenvalue weighted by Crippen LogP contribution is -2.28. The molecule has 17 heavy (non-hydrogen) atoms. The molecule has 4 nitrogen and oxygen atoms in total. The summed E-state index contributed by atoms with van der Waals surface area (Å²) in [6, 6.07) is 3.83. The van der Waals surface area contributed by atoms with Crippen molar-refractivity contribution in [1.82, 2.24) is 10.3 Å². The van der Waals surface area contributed by atoms with Crippen molar-refractivity contribution >= 4 is 11.6 Å². The van der Waals surface area contributed by atoms with E-state index in [1.165, 1.54) is 0 Å². The van der Waals surface area contributed by atoms with Crippen molar-refractivity contribution in [2.45, 2.75) is 20.8 Å². The number of aryl methyl sites for hydroxylation is 2. The monoisotopic (exact) mass is 233 g/mol. The zero-order valence-electron chi connectivity index (χ0n) is 10.6. The topological polar surface area (TPSA) is 54.0 Å². The van der Waals surface area contributed by atoms with Crippen LogP contribution in [0.1, 0.15) is 18.3 Å². The van der Waals surface area contributed by atoms with Gasteiger partial charge in [0.05, 0.1) is 17.3 Å². The zero-order chi connectivity index (χ0) is 12.4. The Balaban J connectivity index is 2.07. The summed E-state index contributed by atoms with van der Waals surface area (Å²) in [5.74, 6) is 0.556. The average Bonchev–Trinajstić information content (AvgIpc) is 2.68. The molecule has 1 saturated heterocycles. The number of carbonyl (C=O) groups excluding carboxylic acids is 1. The predicted octanol–water partition coefficient (Wildman–Crippen LogP) is 1.49. The smallest absolute Gasteiger partial charge is 0.229 e. The molecule has 1 amide bonds. The molecule has 4 heteroatoms. The standard InChI is InChI=1S/C13H19N3O/c1-8-6-14-7-11(8)13(17)16-12-5-4-9(2)15-10(12)3/h4-5,8,11,14H,6-7H2,1-3H3,(H,16,17)/t8-,11-/m1/s1. The highest BCUT2D eigenvalue weighted by Crippen LogP contribution is 2.19. The third-order valence-corrected chi connectivity index (χ3v) is 3.34. The lowest BCUT2D eigenvalue weighted by atomic mass is 9.97. The summed E-state index contributed by atoms with van der Waals surface area (Å²) in [5.41, 5.74) is 2.66. The summed E-state index contributed by atoms with van der Waals surface area (Å²) < 4.78 is 0. The van der Waals surface area contributed by atoms with Gasteiger partial charge >= 0.3 is 0 Å². The van der Waals surface area contributed by atoms with E-state index in [-0.39, 0.29) is 11.8 Å². The molecule has 0 radical (unpaired) electrons. The van der Waals surface area contributed by atoms with E-state index in [2.05, 4.69) is 22.5 Å². The van der Waals surface area contributed by atoms with Crippen molar-refractivity contribution in [1.29, 1.82) is 0 Å². The Kier molecular flexibility index (Phi) is 3.43. The first kappa shape index (κ1) is 12.0. The van der Waals surface area contributed by atoms with Gasteiger partial charge in [0, 0.05) is 12.2 Å². The van der Waals surface area contributed by atoms with Crippen molar-refractivity contribution < 1.29 is 4.79 Å². The number of aromatic nitrogens is 1. The van der Waals surface area contributed by atoms with Gasteiger partial charge in [0.15, 0.2) is 0 Å². The van der Waals surface area contributed by atoms with Crippen LogP contribution in [0.2, 0.25) is 0 Å². The van der Waals surface area contributed by atoms with Crippen LogP contribution in [0.25, 0.3) is 0 Å².